The lowest BCUT2D eigenvalue weighted by Crippen LogP contribution is -2.33. The number of carbonyl (C=O) groups is 2. The van der Waals surface area contributed by atoms with Crippen molar-refractivity contribution in [1.29, 1.82) is 0 Å². The number of nitro groups is 1. The molecule has 2 atom stereocenters. The number of ether oxygens (including phenoxy) is 1. The minimum Gasteiger partial charge on any atom is -0.481 e. The molecule has 0 radical (unpaired) electrons. The quantitative estimate of drug-likeness (QED) is 0.519. The van der Waals surface area contributed by atoms with E-state index in [4.69, 9.17) is 15.6 Å². The van der Waals surface area contributed by atoms with Crippen LogP contribution in [-0.4, -0.2) is 41.2 Å². The highest BCUT2D eigenvalue weighted by molar-refractivity contribution is 5.94. The van der Waals surface area contributed by atoms with Gasteiger partial charge in [-0.1, -0.05) is 0 Å². The predicted molar refractivity (Wildman–Crippen MR) is 71.0 cm³/mol. The minimum absolute atomic E-state index is 0.00436. The number of nitrogens with zero attached hydrogens (tertiary/aromatic N) is 1. The summed E-state index contributed by atoms with van der Waals surface area (Å²) in [6.45, 7) is 0.172. The molecule has 4 N–H and O–H groups in total. The summed E-state index contributed by atoms with van der Waals surface area (Å²) in [7, 11) is 0. The minimum atomic E-state index is -1.04. The van der Waals surface area contributed by atoms with E-state index in [0.717, 1.165) is 6.07 Å². The second-order valence-electron chi connectivity index (χ2n) is 4.59. The van der Waals surface area contributed by atoms with Crippen LogP contribution in [0.25, 0.3) is 0 Å². The maximum absolute atomic E-state index is 11.1. The molecule has 1 aliphatic rings. The lowest BCUT2D eigenvalue weighted by Gasteiger charge is -2.17. The number of nitrogens with one attached hydrogen (secondary N) is 1. The summed E-state index contributed by atoms with van der Waals surface area (Å²) >= 11 is 0. The number of carbonyl (C=O) groups excluding carboxylic acids is 1. The summed E-state index contributed by atoms with van der Waals surface area (Å²) in [6.07, 6.45) is 0. The van der Waals surface area contributed by atoms with E-state index in [2.05, 4.69) is 5.32 Å². The highest BCUT2D eigenvalue weighted by Gasteiger charge is 2.35. The Morgan fingerprint density at radius 2 is 2.14 bits per heavy atom. The number of nitro benzene ring substituents is 1. The molecule has 0 aromatic heterocycles. The Morgan fingerprint density at radius 3 is 2.71 bits per heavy atom. The van der Waals surface area contributed by atoms with E-state index in [9.17, 15) is 19.7 Å². The van der Waals surface area contributed by atoms with Crippen molar-refractivity contribution in [1.82, 2.24) is 0 Å². The fraction of sp³-hybridized carbons (Fsp3) is 0.333. The molecular formula is C12H13N3O6. The Morgan fingerprint density at radius 1 is 1.43 bits per heavy atom. The molecule has 9 heteroatoms. The van der Waals surface area contributed by atoms with Crippen LogP contribution in [0.1, 0.15) is 10.4 Å². The zero-order chi connectivity index (χ0) is 15.6. The van der Waals surface area contributed by atoms with E-state index in [1.165, 1.54) is 12.1 Å². The molecular weight excluding hydrogens is 282 g/mol. The van der Waals surface area contributed by atoms with Gasteiger partial charge in [0, 0.05) is 11.6 Å². The van der Waals surface area contributed by atoms with Crippen molar-refractivity contribution in [3.8, 4) is 0 Å². The van der Waals surface area contributed by atoms with Gasteiger partial charge in [-0.2, -0.15) is 0 Å². The van der Waals surface area contributed by atoms with E-state index in [1.807, 2.05) is 0 Å². The van der Waals surface area contributed by atoms with Crippen LogP contribution < -0.4 is 11.1 Å². The van der Waals surface area contributed by atoms with Crippen LogP contribution in [0.15, 0.2) is 18.2 Å². The Kier molecular flexibility index (Phi) is 4.03. The van der Waals surface area contributed by atoms with Gasteiger partial charge >= 0.3 is 5.97 Å². The van der Waals surface area contributed by atoms with E-state index in [-0.39, 0.29) is 30.2 Å². The van der Waals surface area contributed by atoms with E-state index in [0.29, 0.717) is 0 Å². The van der Waals surface area contributed by atoms with Gasteiger partial charge in [0.25, 0.3) is 5.69 Å². The van der Waals surface area contributed by atoms with Crippen LogP contribution in [-0.2, 0) is 9.53 Å². The van der Waals surface area contributed by atoms with Crippen LogP contribution in [0.3, 0.4) is 0 Å². The Balaban J connectivity index is 2.29. The Hall–Kier alpha value is -2.68. The second-order valence-corrected chi connectivity index (χ2v) is 4.59. The van der Waals surface area contributed by atoms with Crippen molar-refractivity contribution in [3.05, 3.63) is 33.9 Å². The maximum atomic E-state index is 11.1. The monoisotopic (exact) mass is 295 g/mol. The molecule has 1 saturated heterocycles. The third-order valence-corrected chi connectivity index (χ3v) is 3.22. The molecule has 2 rings (SSSR count). The maximum Gasteiger partial charge on any atom is 0.311 e. The number of rotatable bonds is 5. The molecule has 21 heavy (non-hydrogen) atoms. The number of amides is 1. The Labute approximate surface area is 118 Å². The average Bonchev–Trinajstić information content (AvgIpc) is 2.87. The number of primary amides is 1. The topological polar surface area (TPSA) is 145 Å². The van der Waals surface area contributed by atoms with Crippen LogP contribution in [0.5, 0.6) is 0 Å². The molecule has 1 amide bonds. The van der Waals surface area contributed by atoms with Gasteiger partial charge in [-0.3, -0.25) is 19.7 Å². The van der Waals surface area contributed by atoms with Gasteiger partial charge in [0.05, 0.1) is 24.2 Å². The first-order chi connectivity index (χ1) is 9.90. The standard InChI is InChI=1S/C12H13N3O6/c13-11(16)6-1-2-8(10(3-6)15(19)20)14-9-5-21-4-7(9)12(17)18/h1-3,7,9,14H,4-5H2,(H2,13,16)(H,17,18). The van der Waals surface area contributed by atoms with Gasteiger partial charge in [0.2, 0.25) is 5.91 Å². The van der Waals surface area contributed by atoms with Crippen LogP contribution in [0.4, 0.5) is 11.4 Å². The zero-order valence-electron chi connectivity index (χ0n) is 10.8. The van der Waals surface area contributed by atoms with Gasteiger partial charge in [-0.15, -0.1) is 0 Å². The Bertz CT molecular complexity index is 603. The van der Waals surface area contributed by atoms with Gasteiger partial charge in [-0.25, -0.2) is 0 Å². The van der Waals surface area contributed by atoms with Crippen molar-refractivity contribution in [2.24, 2.45) is 11.7 Å². The van der Waals surface area contributed by atoms with Crippen molar-refractivity contribution in [3.63, 3.8) is 0 Å². The fourth-order valence-corrected chi connectivity index (χ4v) is 2.10. The van der Waals surface area contributed by atoms with Crippen LogP contribution in [0, 0.1) is 16.0 Å². The molecule has 1 aliphatic heterocycles. The van der Waals surface area contributed by atoms with Gasteiger partial charge in [-0.05, 0) is 12.1 Å². The van der Waals surface area contributed by atoms with Gasteiger partial charge in [0.15, 0.2) is 0 Å². The number of aliphatic carboxylic acids is 1. The molecule has 2 unspecified atom stereocenters. The van der Waals surface area contributed by atoms with Gasteiger partial charge < -0.3 is 20.9 Å². The molecule has 0 aliphatic carbocycles. The summed E-state index contributed by atoms with van der Waals surface area (Å²) in [4.78, 5) is 32.5. The first kappa shape index (κ1) is 14.7. The normalized spacial score (nSPS) is 21.0. The van der Waals surface area contributed by atoms with Crippen molar-refractivity contribution in [2.45, 2.75) is 6.04 Å². The van der Waals surface area contributed by atoms with Crippen LogP contribution in [0.2, 0.25) is 0 Å². The van der Waals surface area contributed by atoms with Crippen molar-refractivity contribution >= 4 is 23.3 Å². The third-order valence-electron chi connectivity index (χ3n) is 3.22. The number of carboxylic acid groups (broad SMARTS) is 1. The smallest absolute Gasteiger partial charge is 0.311 e. The lowest BCUT2D eigenvalue weighted by molar-refractivity contribution is -0.384. The number of nitrogens with two attached hydrogens (primary N) is 1. The second kappa shape index (κ2) is 5.75. The summed E-state index contributed by atoms with van der Waals surface area (Å²) < 4.78 is 5.08. The SMILES string of the molecule is NC(=O)c1ccc(NC2COCC2C(=O)O)c([N+](=O)[O-])c1. The predicted octanol–water partition coefficient (Wildman–Crippen LogP) is 0.205. The third kappa shape index (κ3) is 3.08. The zero-order valence-corrected chi connectivity index (χ0v) is 10.8. The average molecular weight is 295 g/mol. The van der Waals surface area contributed by atoms with Crippen molar-refractivity contribution in [2.75, 3.05) is 18.5 Å². The summed E-state index contributed by atoms with van der Waals surface area (Å²) in [5, 5.41) is 22.9. The molecule has 0 bridgehead atoms. The first-order valence-corrected chi connectivity index (χ1v) is 6.05. The van der Waals surface area contributed by atoms with E-state index in [1.54, 1.807) is 0 Å². The molecule has 1 heterocycles. The lowest BCUT2D eigenvalue weighted by atomic mass is 10.0. The number of hydrogen-bond acceptors (Lipinski definition) is 6. The molecule has 112 valence electrons. The highest BCUT2D eigenvalue weighted by Crippen LogP contribution is 2.28. The number of carboxylic acids is 1. The molecule has 0 saturated carbocycles. The van der Waals surface area contributed by atoms with E-state index >= 15 is 0 Å². The number of anilines is 1. The first-order valence-electron chi connectivity index (χ1n) is 6.05. The molecule has 0 spiro atoms. The van der Waals surface area contributed by atoms with E-state index < -0.39 is 28.8 Å². The highest BCUT2D eigenvalue weighted by atomic mass is 16.6. The number of hydrogen-bond donors (Lipinski definition) is 3. The largest absolute Gasteiger partial charge is 0.481 e. The molecule has 9 nitrogen and oxygen atoms in total. The number of benzene rings is 1. The fourth-order valence-electron chi connectivity index (χ4n) is 2.10. The molecule has 1 fully saturated rings. The summed E-state index contributed by atoms with van der Waals surface area (Å²) in [5.41, 5.74) is 4.86. The van der Waals surface area contributed by atoms with Crippen LogP contribution >= 0.6 is 0 Å². The molecule has 1 aromatic carbocycles. The summed E-state index contributed by atoms with van der Waals surface area (Å²) in [6, 6.07) is 3.13. The molecule has 1 aromatic rings. The summed E-state index contributed by atoms with van der Waals surface area (Å²) in [5.74, 6) is -2.61. The van der Waals surface area contributed by atoms with Crippen molar-refractivity contribution < 1.29 is 24.4 Å². The van der Waals surface area contributed by atoms with Gasteiger partial charge in [0.1, 0.15) is 11.6 Å².